The summed E-state index contributed by atoms with van der Waals surface area (Å²) in [5.41, 5.74) is -0.328. The molecule has 0 radical (unpaired) electrons. The minimum absolute atomic E-state index is 0.293. The van der Waals surface area contributed by atoms with Crippen molar-refractivity contribution in [3.05, 3.63) is 0 Å². The Morgan fingerprint density at radius 1 is 1.53 bits per heavy atom. The molecule has 1 heterocycles. The zero-order chi connectivity index (χ0) is 12.3. The highest BCUT2D eigenvalue weighted by Gasteiger charge is 2.46. The number of ether oxygens (including phenoxy) is 1. The van der Waals surface area contributed by atoms with Gasteiger partial charge in [0.2, 0.25) is 0 Å². The van der Waals surface area contributed by atoms with Crippen LogP contribution in [0.5, 0.6) is 0 Å². The first-order valence-corrected chi connectivity index (χ1v) is 6.70. The van der Waals surface area contributed by atoms with Crippen molar-refractivity contribution in [1.82, 2.24) is 10.2 Å². The van der Waals surface area contributed by atoms with Gasteiger partial charge in [-0.25, -0.2) is 0 Å². The van der Waals surface area contributed by atoms with Crippen LogP contribution in [0, 0.1) is 17.2 Å². The Hall–Kier alpha value is -0.630. The lowest BCUT2D eigenvalue weighted by atomic mass is 9.93. The molecule has 1 N–H and O–H groups in total. The molecule has 2 fully saturated rings. The Bertz CT molecular complexity index is 298. The monoisotopic (exact) mass is 237 g/mol. The minimum Gasteiger partial charge on any atom is -0.376 e. The van der Waals surface area contributed by atoms with Gasteiger partial charge in [-0.2, -0.15) is 5.26 Å². The molecule has 0 aromatic rings. The maximum atomic E-state index is 9.54. The van der Waals surface area contributed by atoms with E-state index < -0.39 is 0 Å². The number of nitriles is 1. The number of likely N-dealkylation sites (N-methyl/N-ethyl adjacent to an activating group) is 1. The van der Waals surface area contributed by atoms with E-state index in [1.54, 1.807) is 0 Å². The molecular weight excluding hydrogens is 214 g/mol. The first kappa shape index (κ1) is 12.8. The van der Waals surface area contributed by atoms with Crippen LogP contribution < -0.4 is 5.32 Å². The molecule has 0 amide bonds. The summed E-state index contributed by atoms with van der Waals surface area (Å²) in [4.78, 5) is 2.37. The van der Waals surface area contributed by atoms with Gasteiger partial charge in [-0.15, -0.1) is 0 Å². The average molecular weight is 237 g/mol. The lowest BCUT2D eigenvalue weighted by Gasteiger charge is -2.37. The summed E-state index contributed by atoms with van der Waals surface area (Å²) in [5.74, 6) is 0.547. The molecule has 96 valence electrons. The second kappa shape index (κ2) is 5.34. The van der Waals surface area contributed by atoms with E-state index in [9.17, 15) is 5.26 Å². The second-order valence-electron chi connectivity index (χ2n) is 5.30. The molecule has 4 heteroatoms. The third-order valence-corrected chi connectivity index (χ3v) is 3.76. The van der Waals surface area contributed by atoms with Crippen LogP contribution in [-0.4, -0.2) is 49.3 Å². The Balaban J connectivity index is 1.99. The zero-order valence-electron chi connectivity index (χ0n) is 10.9. The van der Waals surface area contributed by atoms with E-state index in [2.05, 4.69) is 30.1 Å². The third kappa shape index (κ3) is 2.98. The number of nitrogens with one attached hydrogen (secondary N) is 1. The molecule has 2 atom stereocenters. The SMILES string of the molecule is CCNC(C#N)(CN1CCOC(C)C1)C1CC1. The fraction of sp³-hybridized carbons (Fsp3) is 0.923. The molecule has 4 nitrogen and oxygen atoms in total. The fourth-order valence-corrected chi connectivity index (χ4v) is 2.77. The van der Waals surface area contributed by atoms with Crippen molar-refractivity contribution in [2.24, 2.45) is 5.92 Å². The number of rotatable bonds is 5. The predicted octanol–water partition coefficient (Wildman–Crippen LogP) is 0.989. The first-order valence-electron chi connectivity index (χ1n) is 6.70. The molecule has 1 saturated heterocycles. The van der Waals surface area contributed by atoms with E-state index in [1.165, 1.54) is 12.8 Å². The molecule has 0 spiro atoms. The summed E-state index contributed by atoms with van der Waals surface area (Å²) in [5, 5.41) is 13.0. The van der Waals surface area contributed by atoms with Gasteiger partial charge in [0.25, 0.3) is 0 Å². The molecule has 2 rings (SSSR count). The standard InChI is InChI=1S/C13H23N3O/c1-3-15-13(9-14,12-4-5-12)10-16-6-7-17-11(2)8-16/h11-12,15H,3-8,10H2,1-2H3. The molecular formula is C13H23N3O. The summed E-state index contributed by atoms with van der Waals surface area (Å²) in [6.45, 7) is 8.58. The average Bonchev–Trinajstić information content (AvgIpc) is 3.12. The second-order valence-corrected chi connectivity index (χ2v) is 5.30. The van der Waals surface area contributed by atoms with Crippen molar-refractivity contribution in [2.45, 2.75) is 38.3 Å². The summed E-state index contributed by atoms with van der Waals surface area (Å²) in [6.07, 6.45) is 2.68. The van der Waals surface area contributed by atoms with Gasteiger partial charge in [-0.05, 0) is 32.2 Å². The van der Waals surface area contributed by atoms with Crippen LogP contribution in [0.2, 0.25) is 0 Å². The number of nitrogens with zero attached hydrogens (tertiary/aromatic N) is 2. The van der Waals surface area contributed by atoms with E-state index in [-0.39, 0.29) is 5.54 Å². The maximum Gasteiger partial charge on any atom is 0.122 e. The Morgan fingerprint density at radius 3 is 2.82 bits per heavy atom. The molecule has 2 aliphatic rings. The van der Waals surface area contributed by atoms with E-state index in [1.807, 2.05) is 0 Å². The van der Waals surface area contributed by atoms with Crippen LogP contribution in [0.3, 0.4) is 0 Å². The largest absolute Gasteiger partial charge is 0.376 e. The van der Waals surface area contributed by atoms with Crippen LogP contribution in [0.25, 0.3) is 0 Å². The predicted molar refractivity (Wildman–Crippen MR) is 66.6 cm³/mol. The van der Waals surface area contributed by atoms with Gasteiger partial charge in [0, 0.05) is 19.6 Å². The highest BCUT2D eigenvalue weighted by molar-refractivity contribution is 5.16. The van der Waals surface area contributed by atoms with Crippen LogP contribution in [0.15, 0.2) is 0 Å². The van der Waals surface area contributed by atoms with Gasteiger partial charge < -0.3 is 4.74 Å². The van der Waals surface area contributed by atoms with E-state index in [0.717, 1.165) is 32.8 Å². The maximum absolute atomic E-state index is 9.54. The van der Waals surface area contributed by atoms with E-state index >= 15 is 0 Å². The third-order valence-electron chi connectivity index (χ3n) is 3.76. The Labute approximate surface area is 104 Å². The highest BCUT2D eigenvalue weighted by Crippen LogP contribution is 2.40. The first-order chi connectivity index (χ1) is 8.20. The summed E-state index contributed by atoms with van der Waals surface area (Å²) < 4.78 is 5.55. The summed E-state index contributed by atoms with van der Waals surface area (Å²) >= 11 is 0. The van der Waals surface area contributed by atoms with Gasteiger partial charge in [-0.3, -0.25) is 10.2 Å². The van der Waals surface area contributed by atoms with Crippen LogP contribution in [-0.2, 0) is 4.74 Å². The fourth-order valence-electron chi connectivity index (χ4n) is 2.77. The Morgan fingerprint density at radius 2 is 2.29 bits per heavy atom. The van der Waals surface area contributed by atoms with Crippen molar-refractivity contribution in [3.8, 4) is 6.07 Å². The highest BCUT2D eigenvalue weighted by atomic mass is 16.5. The van der Waals surface area contributed by atoms with E-state index in [4.69, 9.17) is 4.74 Å². The van der Waals surface area contributed by atoms with Gasteiger partial charge in [0.05, 0.1) is 18.8 Å². The van der Waals surface area contributed by atoms with Crippen LogP contribution in [0.1, 0.15) is 26.7 Å². The smallest absolute Gasteiger partial charge is 0.122 e. The van der Waals surface area contributed by atoms with Crippen molar-refractivity contribution in [2.75, 3.05) is 32.8 Å². The van der Waals surface area contributed by atoms with Crippen LogP contribution in [0.4, 0.5) is 0 Å². The lowest BCUT2D eigenvalue weighted by molar-refractivity contribution is -0.0252. The van der Waals surface area contributed by atoms with Gasteiger partial charge in [0.15, 0.2) is 0 Å². The van der Waals surface area contributed by atoms with Crippen molar-refractivity contribution >= 4 is 0 Å². The Kier molecular flexibility index (Phi) is 4.03. The zero-order valence-corrected chi connectivity index (χ0v) is 10.9. The number of hydrogen-bond acceptors (Lipinski definition) is 4. The summed E-state index contributed by atoms with van der Waals surface area (Å²) in [6, 6.07) is 2.55. The van der Waals surface area contributed by atoms with Gasteiger partial charge in [-0.1, -0.05) is 6.92 Å². The number of morpholine rings is 1. The summed E-state index contributed by atoms with van der Waals surface area (Å²) in [7, 11) is 0. The normalized spacial score (nSPS) is 29.6. The molecule has 17 heavy (non-hydrogen) atoms. The molecule has 0 bridgehead atoms. The molecule has 0 aromatic carbocycles. The van der Waals surface area contributed by atoms with Gasteiger partial charge >= 0.3 is 0 Å². The van der Waals surface area contributed by atoms with Crippen LogP contribution >= 0.6 is 0 Å². The topological polar surface area (TPSA) is 48.3 Å². The van der Waals surface area contributed by atoms with Crippen molar-refractivity contribution < 1.29 is 4.74 Å². The molecule has 1 aliphatic carbocycles. The lowest BCUT2D eigenvalue weighted by Crippen LogP contribution is -2.57. The quantitative estimate of drug-likeness (QED) is 0.774. The molecule has 0 aromatic heterocycles. The molecule has 1 aliphatic heterocycles. The van der Waals surface area contributed by atoms with E-state index in [0.29, 0.717) is 12.0 Å². The number of hydrogen-bond donors (Lipinski definition) is 1. The molecule has 2 unspecified atom stereocenters. The molecule has 1 saturated carbocycles. The minimum atomic E-state index is -0.328. The van der Waals surface area contributed by atoms with Crippen molar-refractivity contribution in [3.63, 3.8) is 0 Å². The van der Waals surface area contributed by atoms with Crippen molar-refractivity contribution in [1.29, 1.82) is 5.26 Å². The van der Waals surface area contributed by atoms with Gasteiger partial charge in [0.1, 0.15) is 5.54 Å².